The van der Waals surface area contributed by atoms with E-state index in [2.05, 4.69) is 10.3 Å². The Bertz CT molecular complexity index is 517. The molecule has 8 heteroatoms. The van der Waals surface area contributed by atoms with Crippen molar-refractivity contribution >= 4 is 42.1 Å². The van der Waals surface area contributed by atoms with Gasteiger partial charge in [0.2, 0.25) is 11.8 Å². The molecule has 0 fully saturated rings. The molecule has 112 valence electrons. The fraction of sp³-hybridized carbons (Fsp3) is 0.333. The number of nitrogens with one attached hydrogen (secondary N) is 1. The molecule has 1 atom stereocenters. The molecule has 0 aromatic carbocycles. The van der Waals surface area contributed by atoms with Crippen molar-refractivity contribution in [2.24, 2.45) is 5.73 Å². The van der Waals surface area contributed by atoms with Crippen LogP contribution in [0.4, 0.5) is 0 Å². The number of oxazole rings is 1. The molecule has 0 saturated heterocycles. The summed E-state index contributed by atoms with van der Waals surface area (Å²) < 4.78 is 5.34. The second-order valence-corrected chi connectivity index (χ2v) is 4.95. The van der Waals surface area contributed by atoms with Crippen molar-refractivity contribution in [1.82, 2.24) is 10.3 Å². The number of aromatic nitrogens is 1. The minimum Gasteiger partial charge on any atom is -0.444 e. The molecule has 2 heterocycles. The molecular weight excluding hydrogens is 321 g/mol. The van der Waals surface area contributed by atoms with Crippen LogP contribution in [0, 0.1) is 0 Å². The van der Waals surface area contributed by atoms with Crippen LogP contribution in [0.25, 0.3) is 10.8 Å². The number of carbonyl (C=O) groups excluding carboxylic acids is 1. The second-order valence-electron chi connectivity index (χ2n) is 4.00. The summed E-state index contributed by atoms with van der Waals surface area (Å²) >= 11 is 1.55. The lowest BCUT2D eigenvalue weighted by Gasteiger charge is -2.09. The van der Waals surface area contributed by atoms with Gasteiger partial charge in [-0.05, 0) is 18.4 Å². The summed E-state index contributed by atoms with van der Waals surface area (Å²) in [6.07, 6.45) is 1.72. The van der Waals surface area contributed by atoms with E-state index < -0.39 is 0 Å². The molecule has 20 heavy (non-hydrogen) atoms. The van der Waals surface area contributed by atoms with Gasteiger partial charge in [-0.15, -0.1) is 36.2 Å². The van der Waals surface area contributed by atoms with Crippen molar-refractivity contribution in [3.05, 3.63) is 29.5 Å². The Hall–Kier alpha value is -1.08. The van der Waals surface area contributed by atoms with E-state index in [4.69, 9.17) is 10.2 Å². The van der Waals surface area contributed by atoms with Crippen LogP contribution in [0.1, 0.15) is 12.6 Å². The zero-order chi connectivity index (χ0) is 13.0. The first-order chi connectivity index (χ1) is 8.69. The highest BCUT2D eigenvalue weighted by molar-refractivity contribution is 7.13. The van der Waals surface area contributed by atoms with Crippen LogP contribution in [0.2, 0.25) is 0 Å². The van der Waals surface area contributed by atoms with E-state index >= 15 is 0 Å². The van der Waals surface area contributed by atoms with Crippen molar-refractivity contribution in [1.29, 1.82) is 0 Å². The zero-order valence-corrected chi connectivity index (χ0v) is 13.3. The molecule has 0 spiro atoms. The molecular formula is C12H17Cl2N3O2S. The summed E-state index contributed by atoms with van der Waals surface area (Å²) in [7, 11) is 0. The number of thiophene rings is 1. The second kappa shape index (κ2) is 8.97. The predicted molar refractivity (Wildman–Crippen MR) is 84.7 cm³/mol. The smallest absolute Gasteiger partial charge is 0.236 e. The van der Waals surface area contributed by atoms with Crippen LogP contribution < -0.4 is 11.1 Å². The van der Waals surface area contributed by atoms with Crippen molar-refractivity contribution in [3.63, 3.8) is 0 Å². The third-order valence-electron chi connectivity index (χ3n) is 2.39. The van der Waals surface area contributed by atoms with Crippen LogP contribution in [-0.4, -0.2) is 23.5 Å². The van der Waals surface area contributed by atoms with Crippen LogP contribution in [-0.2, 0) is 11.2 Å². The average molecular weight is 338 g/mol. The maximum Gasteiger partial charge on any atom is 0.236 e. The van der Waals surface area contributed by atoms with Crippen molar-refractivity contribution in [3.8, 4) is 10.8 Å². The number of amides is 1. The highest BCUT2D eigenvalue weighted by Gasteiger charge is 2.12. The monoisotopic (exact) mass is 337 g/mol. The Morgan fingerprint density at radius 3 is 2.90 bits per heavy atom. The summed E-state index contributed by atoms with van der Waals surface area (Å²) in [6.45, 7) is 2.28. The van der Waals surface area contributed by atoms with E-state index in [0.717, 1.165) is 4.88 Å². The molecule has 5 nitrogen and oxygen atoms in total. The first-order valence-corrected chi connectivity index (χ1v) is 6.54. The van der Waals surface area contributed by atoms with E-state index in [0.29, 0.717) is 18.1 Å². The lowest BCUT2D eigenvalue weighted by atomic mass is 10.3. The van der Waals surface area contributed by atoms with E-state index in [1.165, 1.54) is 6.26 Å². The Morgan fingerprint density at radius 2 is 2.30 bits per heavy atom. The molecule has 0 bridgehead atoms. The van der Waals surface area contributed by atoms with Gasteiger partial charge >= 0.3 is 0 Å². The topological polar surface area (TPSA) is 81.1 Å². The van der Waals surface area contributed by atoms with Gasteiger partial charge in [-0.2, -0.15) is 0 Å². The van der Waals surface area contributed by atoms with Gasteiger partial charge in [0.05, 0.1) is 17.0 Å². The summed E-state index contributed by atoms with van der Waals surface area (Å²) in [5, 5.41) is 4.73. The Kier molecular flexibility index (Phi) is 8.48. The number of carbonyl (C=O) groups is 1. The third kappa shape index (κ3) is 5.13. The molecule has 1 amide bonds. The molecule has 2 aromatic rings. The van der Waals surface area contributed by atoms with Gasteiger partial charge in [-0.1, -0.05) is 6.07 Å². The molecule has 2 aromatic heterocycles. The van der Waals surface area contributed by atoms with E-state index in [-0.39, 0.29) is 43.2 Å². The van der Waals surface area contributed by atoms with Crippen LogP contribution >= 0.6 is 36.2 Å². The molecule has 0 aliphatic carbocycles. The Labute approximate surface area is 133 Å². The minimum atomic E-state index is -0.0982. The Morgan fingerprint density at radius 1 is 1.55 bits per heavy atom. The molecule has 0 unspecified atom stereocenters. The van der Waals surface area contributed by atoms with Crippen molar-refractivity contribution < 1.29 is 9.21 Å². The summed E-state index contributed by atoms with van der Waals surface area (Å²) in [6, 6.07) is 3.83. The summed E-state index contributed by atoms with van der Waals surface area (Å²) in [5.41, 5.74) is 6.06. The van der Waals surface area contributed by atoms with Crippen LogP contribution in [0.15, 0.2) is 28.2 Å². The summed E-state index contributed by atoms with van der Waals surface area (Å²) in [4.78, 5) is 16.9. The molecule has 3 N–H and O–H groups in total. The largest absolute Gasteiger partial charge is 0.444 e. The van der Waals surface area contributed by atoms with E-state index in [1.807, 2.05) is 24.4 Å². The van der Waals surface area contributed by atoms with Gasteiger partial charge in [0.25, 0.3) is 0 Å². The maximum atomic E-state index is 11.6. The van der Waals surface area contributed by atoms with Gasteiger partial charge in [0, 0.05) is 12.6 Å². The minimum absolute atomic E-state index is 0. The highest BCUT2D eigenvalue weighted by Crippen LogP contribution is 2.23. The third-order valence-corrected chi connectivity index (χ3v) is 3.24. The number of rotatable bonds is 5. The molecule has 0 aliphatic heterocycles. The first-order valence-electron chi connectivity index (χ1n) is 5.66. The number of hydrogen-bond acceptors (Lipinski definition) is 5. The molecule has 0 radical (unpaired) electrons. The SMILES string of the molecule is C[C@@H](CN)NC(=O)Cc1coc(-c2cccs2)n1.Cl.Cl. The fourth-order valence-electron chi connectivity index (χ4n) is 1.45. The van der Waals surface area contributed by atoms with Gasteiger partial charge in [-0.25, -0.2) is 4.98 Å². The molecule has 0 saturated carbocycles. The maximum absolute atomic E-state index is 11.6. The lowest BCUT2D eigenvalue weighted by Crippen LogP contribution is -2.38. The van der Waals surface area contributed by atoms with Crippen molar-refractivity contribution in [2.45, 2.75) is 19.4 Å². The average Bonchev–Trinajstić information content (AvgIpc) is 2.98. The quantitative estimate of drug-likeness (QED) is 0.876. The Balaban J connectivity index is 0.00000180. The van der Waals surface area contributed by atoms with Crippen molar-refractivity contribution in [2.75, 3.05) is 6.54 Å². The number of hydrogen-bond donors (Lipinski definition) is 2. The normalized spacial score (nSPS) is 11.1. The van der Waals surface area contributed by atoms with Gasteiger partial charge in [0.15, 0.2) is 0 Å². The van der Waals surface area contributed by atoms with E-state index in [1.54, 1.807) is 11.3 Å². The highest BCUT2D eigenvalue weighted by atomic mass is 35.5. The summed E-state index contributed by atoms with van der Waals surface area (Å²) in [5.74, 6) is 0.457. The van der Waals surface area contributed by atoms with Crippen LogP contribution in [0.3, 0.4) is 0 Å². The number of nitrogens with two attached hydrogens (primary N) is 1. The zero-order valence-electron chi connectivity index (χ0n) is 10.9. The number of nitrogens with zero attached hydrogens (tertiary/aromatic N) is 1. The van der Waals surface area contributed by atoms with Gasteiger partial charge in [0.1, 0.15) is 6.26 Å². The van der Waals surface area contributed by atoms with E-state index in [9.17, 15) is 4.79 Å². The van der Waals surface area contributed by atoms with Crippen LogP contribution in [0.5, 0.6) is 0 Å². The fourth-order valence-corrected chi connectivity index (χ4v) is 2.11. The number of halogens is 2. The molecule has 2 rings (SSSR count). The first kappa shape index (κ1) is 18.9. The van der Waals surface area contributed by atoms with Gasteiger partial charge in [-0.3, -0.25) is 4.79 Å². The predicted octanol–water partition coefficient (Wildman–Crippen LogP) is 2.25. The van der Waals surface area contributed by atoms with Gasteiger partial charge < -0.3 is 15.5 Å². The molecule has 0 aliphatic rings. The standard InChI is InChI=1S/C12H15N3O2S.2ClH/c1-8(6-13)14-11(16)5-9-7-17-12(15-9)10-3-2-4-18-10;;/h2-4,7-8H,5-6,13H2,1H3,(H,14,16);2*1H/t8-;;/m0../s1. The lowest BCUT2D eigenvalue weighted by molar-refractivity contribution is -0.121.